The average molecular weight is 384 g/mol. The van der Waals surface area contributed by atoms with E-state index in [2.05, 4.69) is 29.3 Å². The number of piperidine rings is 1. The van der Waals surface area contributed by atoms with E-state index in [4.69, 9.17) is 10.5 Å². The zero-order valence-corrected chi connectivity index (χ0v) is 17.1. The second-order valence-corrected chi connectivity index (χ2v) is 7.22. The maximum atomic E-state index is 12.1. The number of hydrogen-bond acceptors (Lipinski definition) is 4. The summed E-state index contributed by atoms with van der Waals surface area (Å²) < 4.78 is 5.20. The smallest absolute Gasteiger partial charge is 0.237 e. The molecule has 0 bridgehead atoms. The number of amides is 1. The van der Waals surface area contributed by atoms with Gasteiger partial charge in [0.2, 0.25) is 5.91 Å². The molecule has 0 aliphatic carbocycles. The van der Waals surface area contributed by atoms with Gasteiger partial charge in [-0.2, -0.15) is 0 Å². The Bertz CT molecular complexity index is 530. The van der Waals surface area contributed by atoms with E-state index in [9.17, 15) is 4.79 Å². The molecule has 0 spiro atoms. The summed E-state index contributed by atoms with van der Waals surface area (Å²) >= 11 is 0. The zero-order valence-electron chi connectivity index (χ0n) is 16.2. The Kier molecular flexibility index (Phi) is 9.99. The van der Waals surface area contributed by atoms with E-state index in [-0.39, 0.29) is 30.3 Å². The molecule has 1 aromatic carbocycles. The Morgan fingerprint density at radius 3 is 2.46 bits per heavy atom. The van der Waals surface area contributed by atoms with Gasteiger partial charge in [-0.1, -0.05) is 32.4 Å². The lowest BCUT2D eigenvalue weighted by Crippen LogP contribution is -2.47. The van der Waals surface area contributed by atoms with E-state index in [0.29, 0.717) is 5.92 Å². The standard InChI is InChI=1S/C20H33N3O2.ClH/c1-4-15(2)19(21)20(24)22-13-16-9-11-23(12-10-16)14-17-5-7-18(25-3)8-6-17;/h5-8,15-16,19H,4,9-14,21H2,1-3H3,(H,22,24);1H. The number of benzene rings is 1. The molecule has 0 saturated carbocycles. The van der Waals surface area contributed by atoms with Crippen LogP contribution in [0, 0.1) is 11.8 Å². The molecule has 1 fully saturated rings. The molecule has 1 heterocycles. The second kappa shape index (κ2) is 11.4. The average Bonchev–Trinajstić information content (AvgIpc) is 2.66. The van der Waals surface area contributed by atoms with Crippen LogP contribution in [-0.4, -0.2) is 43.6 Å². The van der Waals surface area contributed by atoms with Crippen LogP contribution >= 0.6 is 12.4 Å². The van der Waals surface area contributed by atoms with Crippen molar-refractivity contribution in [2.45, 2.75) is 45.7 Å². The minimum Gasteiger partial charge on any atom is -0.497 e. The van der Waals surface area contributed by atoms with Gasteiger partial charge in [0.15, 0.2) is 0 Å². The summed E-state index contributed by atoms with van der Waals surface area (Å²) in [6, 6.07) is 7.89. The molecule has 0 radical (unpaired) electrons. The van der Waals surface area contributed by atoms with Crippen molar-refractivity contribution < 1.29 is 9.53 Å². The van der Waals surface area contributed by atoms with Crippen molar-refractivity contribution in [2.24, 2.45) is 17.6 Å². The van der Waals surface area contributed by atoms with Crippen LogP contribution in [0.1, 0.15) is 38.7 Å². The molecule has 1 aromatic rings. The van der Waals surface area contributed by atoms with E-state index in [1.165, 1.54) is 5.56 Å². The molecule has 6 heteroatoms. The fourth-order valence-electron chi connectivity index (χ4n) is 3.21. The Labute approximate surface area is 164 Å². The highest BCUT2D eigenvalue weighted by atomic mass is 35.5. The van der Waals surface area contributed by atoms with Gasteiger partial charge < -0.3 is 15.8 Å². The Morgan fingerprint density at radius 2 is 1.92 bits per heavy atom. The van der Waals surface area contributed by atoms with Gasteiger partial charge in [0, 0.05) is 13.1 Å². The van der Waals surface area contributed by atoms with Gasteiger partial charge in [0.05, 0.1) is 13.2 Å². The summed E-state index contributed by atoms with van der Waals surface area (Å²) in [6.45, 7) is 7.97. The molecule has 1 amide bonds. The molecule has 3 N–H and O–H groups in total. The zero-order chi connectivity index (χ0) is 18.2. The third-order valence-electron chi connectivity index (χ3n) is 5.40. The summed E-state index contributed by atoms with van der Waals surface area (Å²) in [6.07, 6.45) is 3.17. The highest BCUT2D eigenvalue weighted by Gasteiger charge is 2.23. The van der Waals surface area contributed by atoms with Crippen molar-refractivity contribution in [1.29, 1.82) is 0 Å². The van der Waals surface area contributed by atoms with Crippen molar-refractivity contribution in [2.75, 3.05) is 26.7 Å². The summed E-state index contributed by atoms with van der Waals surface area (Å²) in [7, 11) is 1.69. The van der Waals surface area contributed by atoms with E-state index < -0.39 is 0 Å². The van der Waals surface area contributed by atoms with Crippen molar-refractivity contribution in [1.82, 2.24) is 10.2 Å². The lowest BCUT2D eigenvalue weighted by molar-refractivity contribution is -0.123. The van der Waals surface area contributed by atoms with E-state index >= 15 is 0 Å². The largest absolute Gasteiger partial charge is 0.497 e. The lowest BCUT2D eigenvalue weighted by atomic mass is 9.95. The lowest BCUT2D eigenvalue weighted by Gasteiger charge is -2.32. The number of carbonyl (C=O) groups excluding carboxylic acids is 1. The van der Waals surface area contributed by atoms with E-state index in [0.717, 1.165) is 51.2 Å². The summed E-state index contributed by atoms with van der Waals surface area (Å²) in [5, 5.41) is 3.05. The third-order valence-corrected chi connectivity index (χ3v) is 5.40. The highest BCUT2D eigenvalue weighted by Crippen LogP contribution is 2.20. The Balaban J connectivity index is 0.00000338. The van der Waals surface area contributed by atoms with Crippen LogP contribution in [0.4, 0.5) is 0 Å². The number of carbonyl (C=O) groups is 1. The van der Waals surface area contributed by atoms with Crippen molar-refractivity contribution >= 4 is 18.3 Å². The molecule has 148 valence electrons. The normalized spacial score (nSPS) is 17.8. The Hall–Kier alpha value is -1.30. The molecule has 1 saturated heterocycles. The molecule has 2 atom stereocenters. The first-order valence-corrected chi connectivity index (χ1v) is 9.42. The SMILES string of the molecule is CCC(C)C(N)C(=O)NCC1CCN(Cc2ccc(OC)cc2)CC1.Cl. The molecule has 2 unspecified atom stereocenters. The number of likely N-dealkylation sites (tertiary alicyclic amines) is 1. The number of rotatable bonds is 8. The van der Waals surface area contributed by atoms with Crippen LogP contribution in [0.15, 0.2) is 24.3 Å². The maximum absolute atomic E-state index is 12.1. The highest BCUT2D eigenvalue weighted by molar-refractivity contribution is 5.85. The monoisotopic (exact) mass is 383 g/mol. The number of nitrogens with one attached hydrogen (secondary N) is 1. The summed E-state index contributed by atoms with van der Waals surface area (Å²) in [5.74, 6) is 1.68. The van der Waals surface area contributed by atoms with Crippen LogP contribution in [-0.2, 0) is 11.3 Å². The fourth-order valence-corrected chi connectivity index (χ4v) is 3.21. The van der Waals surface area contributed by atoms with Crippen LogP contribution in [0.5, 0.6) is 5.75 Å². The summed E-state index contributed by atoms with van der Waals surface area (Å²) in [4.78, 5) is 14.6. The molecule has 5 nitrogen and oxygen atoms in total. The van der Waals surface area contributed by atoms with Crippen molar-refractivity contribution in [3.05, 3.63) is 29.8 Å². The minimum absolute atomic E-state index is 0. The molecule has 26 heavy (non-hydrogen) atoms. The van der Waals surface area contributed by atoms with Crippen LogP contribution < -0.4 is 15.8 Å². The number of methoxy groups -OCH3 is 1. The van der Waals surface area contributed by atoms with Crippen LogP contribution in [0.2, 0.25) is 0 Å². The first kappa shape index (κ1) is 22.7. The van der Waals surface area contributed by atoms with Gasteiger partial charge >= 0.3 is 0 Å². The summed E-state index contributed by atoms with van der Waals surface area (Å²) in [5.41, 5.74) is 7.30. The number of nitrogens with zero attached hydrogens (tertiary/aromatic N) is 1. The number of nitrogens with two attached hydrogens (primary N) is 1. The number of ether oxygens (including phenoxy) is 1. The second-order valence-electron chi connectivity index (χ2n) is 7.22. The molecule has 1 aliphatic rings. The first-order valence-electron chi connectivity index (χ1n) is 9.42. The predicted octanol–water partition coefficient (Wildman–Crippen LogP) is 2.82. The van der Waals surface area contributed by atoms with Crippen molar-refractivity contribution in [3.63, 3.8) is 0 Å². The van der Waals surface area contributed by atoms with Gasteiger partial charge in [0.25, 0.3) is 0 Å². The Morgan fingerprint density at radius 1 is 1.31 bits per heavy atom. The molecule has 2 rings (SSSR count). The maximum Gasteiger partial charge on any atom is 0.237 e. The van der Waals surface area contributed by atoms with E-state index in [1.54, 1.807) is 7.11 Å². The molecule has 1 aliphatic heterocycles. The third kappa shape index (κ3) is 6.78. The fraction of sp³-hybridized carbons (Fsp3) is 0.650. The van der Waals surface area contributed by atoms with E-state index in [1.807, 2.05) is 19.1 Å². The number of hydrogen-bond donors (Lipinski definition) is 2. The molecule has 0 aromatic heterocycles. The van der Waals surface area contributed by atoms with Gasteiger partial charge in [0.1, 0.15) is 5.75 Å². The minimum atomic E-state index is -0.389. The van der Waals surface area contributed by atoms with Gasteiger partial charge in [-0.15, -0.1) is 12.4 Å². The van der Waals surface area contributed by atoms with Crippen LogP contribution in [0.25, 0.3) is 0 Å². The first-order chi connectivity index (χ1) is 12.0. The van der Waals surface area contributed by atoms with Gasteiger partial charge in [-0.25, -0.2) is 0 Å². The predicted molar refractivity (Wildman–Crippen MR) is 109 cm³/mol. The van der Waals surface area contributed by atoms with Gasteiger partial charge in [-0.05, 0) is 55.5 Å². The number of halogens is 1. The quantitative estimate of drug-likeness (QED) is 0.724. The topological polar surface area (TPSA) is 67.6 Å². The van der Waals surface area contributed by atoms with Crippen molar-refractivity contribution in [3.8, 4) is 5.75 Å². The van der Waals surface area contributed by atoms with Gasteiger partial charge in [-0.3, -0.25) is 9.69 Å². The van der Waals surface area contributed by atoms with Crippen LogP contribution in [0.3, 0.4) is 0 Å². The molecular weight excluding hydrogens is 350 g/mol. The molecular formula is C20H34ClN3O2.